The largest absolute Gasteiger partial charge is 0.399 e. The zero-order valence-corrected chi connectivity index (χ0v) is 12.4. The highest BCUT2D eigenvalue weighted by molar-refractivity contribution is 7.15. The van der Waals surface area contributed by atoms with Crippen molar-refractivity contribution in [3.8, 4) is 21.8 Å². The van der Waals surface area contributed by atoms with E-state index in [0.29, 0.717) is 0 Å². The first-order valence-electron chi connectivity index (χ1n) is 6.54. The highest BCUT2D eigenvalue weighted by Crippen LogP contribution is 2.33. The Bertz CT molecular complexity index is 742. The van der Waals surface area contributed by atoms with Gasteiger partial charge >= 0.3 is 0 Å². The fourth-order valence-electron chi connectivity index (χ4n) is 2.17. The first-order valence-corrected chi connectivity index (χ1v) is 7.35. The molecule has 2 nitrogen and oxygen atoms in total. The predicted octanol–water partition coefficient (Wildman–Crippen LogP) is 4.68. The van der Waals surface area contributed by atoms with Crippen molar-refractivity contribution < 1.29 is 0 Å². The van der Waals surface area contributed by atoms with Crippen molar-refractivity contribution in [1.29, 1.82) is 0 Å². The van der Waals surface area contributed by atoms with Crippen LogP contribution in [-0.4, -0.2) is 4.98 Å². The van der Waals surface area contributed by atoms with E-state index in [1.54, 1.807) is 11.3 Å². The van der Waals surface area contributed by atoms with Gasteiger partial charge in [-0.05, 0) is 26.0 Å². The number of thiazole rings is 1. The molecule has 1 heterocycles. The van der Waals surface area contributed by atoms with Crippen molar-refractivity contribution in [3.63, 3.8) is 0 Å². The maximum absolute atomic E-state index is 5.85. The molecule has 0 spiro atoms. The predicted molar refractivity (Wildman–Crippen MR) is 86.9 cm³/mol. The van der Waals surface area contributed by atoms with Crippen molar-refractivity contribution in [3.05, 3.63) is 59.0 Å². The number of hydrogen-bond acceptors (Lipinski definition) is 3. The van der Waals surface area contributed by atoms with E-state index in [1.807, 2.05) is 24.3 Å². The first-order chi connectivity index (χ1) is 9.63. The molecule has 3 rings (SSSR count). The van der Waals surface area contributed by atoms with Crippen LogP contribution in [0.25, 0.3) is 21.8 Å². The van der Waals surface area contributed by atoms with Gasteiger partial charge in [0.05, 0.1) is 5.69 Å². The van der Waals surface area contributed by atoms with E-state index in [4.69, 9.17) is 10.7 Å². The van der Waals surface area contributed by atoms with Gasteiger partial charge in [0.25, 0.3) is 0 Å². The lowest BCUT2D eigenvalue weighted by Crippen LogP contribution is -1.85. The molecule has 0 aliphatic rings. The zero-order chi connectivity index (χ0) is 14.1. The van der Waals surface area contributed by atoms with Crippen LogP contribution in [0.5, 0.6) is 0 Å². The molecule has 0 saturated heterocycles. The molecule has 3 aromatic rings. The molecule has 20 heavy (non-hydrogen) atoms. The number of anilines is 1. The van der Waals surface area contributed by atoms with Crippen LogP contribution in [0.3, 0.4) is 0 Å². The number of hydrogen-bond donors (Lipinski definition) is 1. The minimum atomic E-state index is 0.771. The molecular weight excluding hydrogens is 264 g/mol. The van der Waals surface area contributed by atoms with Crippen LogP contribution >= 0.6 is 11.3 Å². The Morgan fingerprint density at radius 3 is 2.40 bits per heavy atom. The lowest BCUT2D eigenvalue weighted by Gasteiger charge is -1.99. The minimum Gasteiger partial charge on any atom is -0.399 e. The van der Waals surface area contributed by atoms with E-state index in [1.165, 1.54) is 16.0 Å². The maximum Gasteiger partial charge on any atom is 0.124 e. The Labute approximate surface area is 122 Å². The summed E-state index contributed by atoms with van der Waals surface area (Å²) >= 11 is 1.71. The van der Waals surface area contributed by atoms with Gasteiger partial charge in [-0.15, -0.1) is 11.3 Å². The van der Waals surface area contributed by atoms with Gasteiger partial charge in [0.2, 0.25) is 0 Å². The minimum absolute atomic E-state index is 0.771. The summed E-state index contributed by atoms with van der Waals surface area (Å²) in [6, 6.07) is 16.4. The quantitative estimate of drug-likeness (QED) is 0.692. The number of benzene rings is 2. The van der Waals surface area contributed by atoms with Crippen LogP contribution in [-0.2, 0) is 0 Å². The van der Waals surface area contributed by atoms with E-state index in [-0.39, 0.29) is 0 Å². The van der Waals surface area contributed by atoms with E-state index >= 15 is 0 Å². The summed E-state index contributed by atoms with van der Waals surface area (Å²) in [5.74, 6) is 0. The van der Waals surface area contributed by atoms with Crippen LogP contribution in [0.15, 0.2) is 48.5 Å². The number of aryl methyl sites for hydroxylation is 2. The molecule has 0 radical (unpaired) electrons. The number of nitrogens with zero attached hydrogens (tertiary/aromatic N) is 1. The van der Waals surface area contributed by atoms with Gasteiger partial charge in [0.1, 0.15) is 5.01 Å². The highest BCUT2D eigenvalue weighted by atomic mass is 32.1. The molecule has 2 N–H and O–H groups in total. The molecule has 2 aromatic carbocycles. The molecule has 0 unspecified atom stereocenters. The topological polar surface area (TPSA) is 38.9 Å². The van der Waals surface area contributed by atoms with Crippen LogP contribution in [0, 0.1) is 13.8 Å². The summed E-state index contributed by atoms with van der Waals surface area (Å²) < 4.78 is 0. The van der Waals surface area contributed by atoms with E-state index in [2.05, 4.69) is 38.1 Å². The van der Waals surface area contributed by atoms with Crippen molar-refractivity contribution in [2.45, 2.75) is 13.8 Å². The molecule has 0 aliphatic carbocycles. The number of aromatic nitrogens is 1. The molecule has 0 aliphatic heterocycles. The van der Waals surface area contributed by atoms with Gasteiger partial charge in [-0.3, -0.25) is 0 Å². The summed E-state index contributed by atoms with van der Waals surface area (Å²) in [5, 5.41) is 1.02. The molecule has 0 amide bonds. The van der Waals surface area contributed by atoms with Crippen LogP contribution in [0.2, 0.25) is 0 Å². The fraction of sp³-hybridized carbons (Fsp3) is 0.118. The van der Waals surface area contributed by atoms with Crippen LogP contribution in [0.1, 0.15) is 10.4 Å². The van der Waals surface area contributed by atoms with Gasteiger partial charge < -0.3 is 5.73 Å². The van der Waals surface area contributed by atoms with Crippen LogP contribution in [0.4, 0.5) is 5.69 Å². The summed E-state index contributed by atoms with van der Waals surface area (Å²) in [6.45, 7) is 4.21. The van der Waals surface area contributed by atoms with E-state index in [9.17, 15) is 0 Å². The standard InChI is InChI=1S/C17H16N2S/c1-11-6-8-13(9-7-11)16-12(2)20-17(19-16)14-4-3-5-15(18)10-14/h3-10H,18H2,1-2H3. The Hall–Kier alpha value is -2.13. The lowest BCUT2D eigenvalue weighted by atomic mass is 10.1. The molecule has 100 valence electrons. The van der Waals surface area contributed by atoms with Crippen molar-refractivity contribution in [1.82, 2.24) is 4.98 Å². The molecular formula is C17H16N2S. The normalized spacial score (nSPS) is 10.7. The fourth-order valence-corrected chi connectivity index (χ4v) is 3.10. The number of rotatable bonds is 2. The van der Waals surface area contributed by atoms with Crippen molar-refractivity contribution in [2.75, 3.05) is 5.73 Å². The number of nitrogen functional groups attached to an aromatic ring is 1. The van der Waals surface area contributed by atoms with Gasteiger partial charge in [-0.25, -0.2) is 4.98 Å². The summed E-state index contributed by atoms with van der Waals surface area (Å²) in [7, 11) is 0. The summed E-state index contributed by atoms with van der Waals surface area (Å²) in [4.78, 5) is 6.01. The zero-order valence-electron chi connectivity index (χ0n) is 11.6. The Morgan fingerprint density at radius 1 is 0.950 bits per heavy atom. The Morgan fingerprint density at radius 2 is 1.70 bits per heavy atom. The Balaban J connectivity index is 2.05. The second-order valence-electron chi connectivity index (χ2n) is 4.92. The van der Waals surface area contributed by atoms with E-state index in [0.717, 1.165) is 22.0 Å². The van der Waals surface area contributed by atoms with Crippen molar-refractivity contribution in [2.24, 2.45) is 0 Å². The highest BCUT2D eigenvalue weighted by Gasteiger charge is 2.11. The molecule has 0 fully saturated rings. The van der Waals surface area contributed by atoms with Gasteiger partial charge in [0.15, 0.2) is 0 Å². The second-order valence-corrected chi connectivity index (χ2v) is 6.12. The third-order valence-corrected chi connectivity index (χ3v) is 4.28. The van der Waals surface area contributed by atoms with Crippen molar-refractivity contribution >= 4 is 17.0 Å². The third-order valence-electron chi connectivity index (χ3n) is 3.26. The SMILES string of the molecule is Cc1ccc(-c2nc(-c3cccc(N)c3)sc2C)cc1. The molecule has 0 atom stereocenters. The molecule has 0 bridgehead atoms. The number of nitrogens with two attached hydrogens (primary N) is 1. The smallest absolute Gasteiger partial charge is 0.124 e. The molecule has 3 heteroatoms. The average molecular weight is 280 g/mol. The maximum atomic E-state index is 5.85. The average Bonchev–Trinajstić information content (AvgIpc) is 2.82. The molecule has 0 saturated carbocycles. The summed E-state index contributed by atoms with van der Waals surface area (Å²) in [6.07, 6.45) is 0. The van der Waals surface area contributed by atoms with Gasteiger partial charge in [-0.2, -0.15) is 0 Å². The second kappa shape index (κ2) is 5.10. The van der Waals surface area contributed by atoms with Gasteiger partial charge in [-0.1, -0.05) is 42.0 Å². The van der Waals surface area contributed by atoms with Crippen LogP contribution < -0.4 is 5.73 Å². The monoisotopic (exact) mass is 280 g/mol. The summed E-state index contributed by atoms with van der Waals surface area (Å²) in [5.41, 5.74) is 11.2. The van der Waals surface area contributed by atoms with E-state index < -0.39 is 0 Å². The third kappa shape index (κ3) is 2.45. The van der Waals surface area contributed by atoms with Gasteiger partial charge in [0, 0.05) is 21.7 Å². The Kier molecular flexibility index (Phi) is 3.28. The lowest BCUT2D eigenvalue weighted by molar-refractivity contribution is 1.36. The first kappa shape index (κ1) is 12.9. The molecule has 1 aromatic heterocycles.